The van der Waals surface area contributed by atoms with Crippen LogP contribution in [0.15, 0.2) is 24.3 Å². The third-order valence-corrected chi connectivity index (χ3v) is 3.40. The molecule has 0 aromatic heterocycles. The third kappa shape index (κ3) is 1.53. The molecule has 2 aliphatic rings. The molecule has 3 rings (SSSR count). The fourth-order valence-electron chi connectivity index (χ4n) is 2.28. The number of benzene rings is 1. The number of rotatable bonds is 2. The van der Waals surface area contributed by atoms with Crippen LogP contribution in [0.1, 0.15) is 44.1 Å². The lowest BCUT2D eigenvalue weighted by atomic mass is 9.97. The van der Waals surface area contributed by atoms with Crippen LogP contribution in [0.2, 0.25) is 0 Å². The van der Waals surface area contributed by atoms with Gasteiger partial charge in [-0.15, -0.1) is 0 Å². The second-order valence-electron chi connectivity index (χ2n) is 5.58. The van der Waals surface area contributed by atoms with Crippen molar-refractivity contribution in [2.45, 2.75) is 44.2 Å². The standard InChI is InChI=1S/C14H17O2/c1-13(2)11(15-13)9-6-5-7-10(8-9)12-14(3,4)16-12/h5-8,11-12H,1H2,2-4H3/q+1. The molecule has 0 amide bonds. The van der Waals surface area contributed by atoms with Crippen LogP contribution in [0.3, 0.4) is 0 Å². The summed E-state index contributed by atoms with van der Waals surface area (Å²) in [6.07, 6.45) is 0.386. The summed E-state index contributed by atoms with van der Waals surface area (Å²) in [6, 6.07) is 8.46. The van der Waals surface area contributed by atoms with Gasteiger partial charge in [-0.05, 0) is 25.0 Å². The predicted molar refractivity (Wildman–Crippen MR) is 61.9 cm³/mol. The van der Waals surface area contributed by atoms with Crippen LogP contribution >= 0.6 is 0 Å². The Balaban J connectivity index is 1.85. The normalized spacial score (nSPS) is 39.4. The Morgan fingerprint density at radius 2 is 1.56 bits per heavy atom. The fourth-order valence-corrected chi connectivity index (χ4v) is 2.28. The highest BCUT2D eigenvalue weighted by molar-refractivity contribution is 5.34. The van der Waals surface area contributed by atoms with E-state index in [4.69, 9.17) is 9.47 Å². The molecule has 2 heterocycles. The number of hydrogen-bond donors (Lipinski definition) is 0. The molecule has 2 aliphatic heterocycles. The highest BCUT2D eigenvalue weighted by atomic mass is 16.6. The molecule has 1 aromatic rings. The second-order valence-corrected chi connectivity index (χ2v) is 5.58. The van der Waals surface area contributed by atoms with Crippen molar-refractivity contribution in [3.8, 4) is 0 Å². The van der Waals surface area contributed by atoms with Crippen molar-refractivity contribution in [2.24, 2.45) is 0 Å². The molecule has 2 heteroatoms. The minimum atomic E-state index is -0.238. The van der Waals surface area contributed by atoms with Crippen molar-refractivity contribution in [1.82, 2.24) is 0 Å². The molecule has 84 valence electrons. The average molecular weight is 217 g/mol. The zero-order valence-electron chi connectivity index (χ0n) is 9.99. The Bertz CT molecular complexity index is 397. The van der Waals surface area contributed by atoms with Crippen LogP contribution in [0, 0.1) is 6.92 Å². The molecule has 16 heavy (non-hydrogen) atoms. The summed E-state index contributed by atoms with van der Waals surface area (Å²) in [5.41, 5.74) is 2.21. The van der Waals surface area contributed by atoms with E-state index in [2.05, 4.69) is 45.0 Å². The molecule has 1 aromatic carbocycles. The molecule has 3 unspecified atom stereocenters. The SMILES string of the molecule is [CH2+]C1(C)OC1c1cccc(C2OC2(C)C)c1. The first-order valence-corrected chi connectivity index (χ1v) is 5.71. The summed E-state index contributed by atoms with van der Waals surface area (Å²) >= 11 is 0. The van der Waals surface area contributed by atoms with Gasteiger partial charge in [0, 0.05) is 6.92 Å². The number of epoxide rings is 2. The Hall–Kier alpha value is -0.990. The maximum absolute atomic E-state index is 5.64. The molecule has 2 fully saturated rings. The Labute approximate surface area is 96.6 Å². The molecule has 0 radical (unpaired) electrons. The molecular weight excluding hydrogens is 200 g/mol. The van der Waals surface area contributed by atoms with E-state index in [0.717, 1.165) is 0 Å². The number of hydrogen-bond acceptors (Lipinski definition) is 2. The van der Waals surface area contributed by atoms with Crippen LogP contribution in [-0.4, -0.2) is 11.2 Å². The monoisotopic (exact) mass is 217 g/mol. The Kier molecular flexibility index (Phi) is 1.79. The summed E-state index contributed by atoms with van der Waals surface area (Å²) in [5.74, 6) is 0. The van der Waals surface area contributed by atoms with Gasteiger partial charge in [-0.2, -0.15) is 0 Å². The van der Waals surface area contributed by atoms with Gasteiger partial charge in [0.05, 0.1) is 12.5 Å². The van der Waals surface area contributed by atoms with Crippen molar-refractivity contribution in [3.63, 3.8) is 0 Å². The van der Waals surface area contributed by atoms with Crippen LogP contribution in [0.5, 0.6) is 0 Å². The van der Waals surface area contributed by atoms with Gasteiger partial charge in [-0.1, -0.05) is 24.3 Å². The lowest BCUT2D eigenvalue weighted by molar-refractivity contribution is 0.325. The molecule has 0 aliphatic carbocycles. The van der Waals surface area contributed by atoms with Crippen molar-refractivity contribution >= 4 is 0 Å². The van der Waals surface area contributed by atoms with Gasteiger partial charge < -0.3 is 9.47 Å². The minimum absolute atomic E-state index is 0.00318. The Morgan fingerprint density at radius 3 is 2.00 bits per heavy atom. The highest BCUT2D eigenvalue weighted by Crippen LogP contribution is 2.52. The molecule has 0 N–H and O–H groups in total. The van der Waals surface area contributed by atoms with Crippen LogP contribution in [0.25, 0.3) is 0 Å². The van der Waals surface area contributed by atoms with E-state index < -0.39 is 0 Å². The van der Waals surface area contributed by atoms with Gasteiger partial charge in [-0.25, -0.2) is 0 Å². The summed E-state index contributed by atoms with van der Waals surface area (Å²) in [5, 5.41) is 0. The van der Waals surface area contributed by atoms with Gasteiger partial charge in [0.15, 0.2) is 6.10 Å². The smallest absolute Gasteiger partial charge is 0.233 e. The van der Waals surface area contributed by atoms with Gasteiger partial charge in [0.1, 0.15) is 6.10 Å². The molecule has 3 atom stereocenters. The molecule has 2 nitrogen and oxygen atoms in total. The van der Waals surface area contributed by atoms with Crippen molar-refractivity contribution in [2.75, 3.05) is 0 Å². The highest BCUT2D eigenvalue weighted by Gasteiger charge is 2.57. The van der Waals surface area contributed by atoms with Gasteiger partial charge >= 0.3 is 0 Å². The van der Waals surface area contributed by atoms with Crippen LogP contribution < -0.4 is 0 Å². The topological polar surface area (TPSA) is 25.1 Å². The zero-order chi connectivity index (χ0) is 11.6. The summed E-state index contributed by atoms with van der Waals surface area (Å²) in [4.78, 5) is 0. The van der Waals surface area contributed by atoms with Gasteiger partial charge in [-0.3, -0.25) is 0 Å². The maximum atomic E-state index is 5.64. The van der Waals surface area contributed by atoms with Gasteiger partial charge in [0.25, 0.3) is 0 Å². The van der Waals surface area contributed by atoms with Crippen molar-refractivity contribution < 1.29 is 9.47 Å². The fraction of sp³-hybridized carbons (Fsp3) is 0.500. The average Bonchev–Trinajstić information content (AvgIpc) is 3.03. The van der Waals surface area contributed by atoms with E-state index in [1.54, 1.807) is 0 Å². The van der Waals surface area contributed by atoms with Crippen LogP contribution in [0.4, 0.5) is 0 Å². The van der Waals surface area contributed by atoms with Crippen LogP contribution in [-0.2, 0) is 9.47 Å². The van der Waals surface area contributed by atoms with Crippen molar-refractivity contribution in [1.29, 1.82) is 0 Å². The largest absolute Gasteiger partial charge is 0.362 e. The summed E-state index contributed by atoms with van der Waals surface area (Å²) in [7, 11) is 0. The first-order chi connectivity index (χ1) is 7.40. The van der Waals surface area contributed by atoms with E-state index in [1.807, 2.05) is 6.92 Å². The van der Waals surface area contributed by atoms with E-state index in [0.29, 0.717) is 0 Å². The van der Waals surface area contributed by atoms with Crippen molar-refractivity contribution in [3.05, 3.63) is 42.3 Å². The first-order valence-electron chi connectivity index (χ1n) is 5.71. The van der Waals surface area contributed by atoms with E-state index in [1.165, 1.54) is 11.1 Å². The quantitative estimate of drug-likeness (QED) is 0.561. The molecule has 0 bridgehead atoms. The predicted octanol–water partition coefficient (Wildman–Crippen LogP) is 3.20. The molecule has 0 spiro atoms. The minimum Gasteiger partial charge on any atom is -0.362 e. The lowest BCUT2D eigenvalue weighted by Crippen LogP contribution is -2.00. The first kappa shape index (κ1) is 10.2. The summed E-state index contributed by atoms with van der Waals surface area (Å²) in [6.45, 7) is 10.2. The van der Waals surface area contributed by atoms with Gasteiger partial charge in [0.2, 0.25) is 5.60 Å². The molecule has 2 saturated heterocycles. The Morgan fingerprint density at radius 1 is 1.06 bits per heavy atom. The number of ether oxygens (including phenoxy) is 2. The third-order valence-electron chi connectivity index (χ3n) is 3.40. The lowest BCUT2D eigenvalue weighted by Gasteiger charge is -2.01. The molecular formula is C14H17O2+. The second kappa shape index (κ2) is 2.82. The van der Waals surface area contributed by atoms with E-state index in [9.17, 15) is 0 Å². The van der Waals surface area contributed by atoms with E-state index >= 15 is 0 Å². The maximum Gasteiger partial charge on any atom is 0.233 e. The van der Waals surface area contributed by atoms with E-state index in [-0.39, 0.29) is 23.4 Å². The zero-order valence-corrected chi connectivity index (χ0v) is 9.99. The summed E-state index contributed by atoms with van der Waals surface area (Å²) < 4.78 is 11.2. The molecule has 0 saturated carbocycles.